The first-order valence-electron chi connectivity index (χ1n) is 7.33. The van der Waals surface area contributed by atoms with Crippen LogP contribution in [0.4, 0.5) is 0 Å². The summed E-state index contributed by atoms with van der Waals surface area (Å²) in [4.78, 5) is 11.7. The molecule has 1 N–H and O–H groups in total. The largest absolute Gasteiger partial charge is 0.481 e. The summed E-state index contributed by atoms with van der Waals surface area (Å²) in [6.07, 6.45) is 3.90. The van der Waals surface area contributed by atoms with Gasteiger partial charge in [-0.05, 0) is 35.8 Å². The minimum Gasteiger partial charge on any atom is -0.481 e. The number of hydrogen-bond acceptors (Lipinski definition) is 1. The molecular formula is C17H24O2. The quantitative estimate of drug-likeness (QED) is 0.855. The lowest BCUT2D eigenvalue weighted by molar-refractivity contribution is -0.150. The Morgan fingerprint density at radius 2 is 1.89 bits per heavy atom. The Morgan fingerprint density at radius 3 is 2.32 bits per heavy atom. The van der Waals surface area contributed by atoms with Crippen LogP contribution in [0, 0.1) is 5.92 Å². The number of carbonyl (C=O) groups is 1. The van der Waals surface area contributed by atoms with Crippen molar-refractivity contribution >= 4 is 5.97 Å². The van der Waals surface area contributed by atoms with Crippen LogP contribution < -0.4 is 0 Å². The fourth-order valence-corrected chi connectivity index (χ4v) is 3.26. The monoisotopic (exact) mass is 260 g/mol. The molecule has 2 rings (SSSR count). The van der Waals surface area contributed by atoms with Gasteiger partial charge in [0.2, 0.25) is 0 Å². The molecule has 104 valence electrons. The highest BCUT2D eigenvalue weighted by Gasteiger charge is 2.50. The molecule has 1 fully saturated rings. The summed E-state index contributed by atoms with van der Waals surface area (Å²) in [7, 11) is 0. The average Bonchev–Trinajstić information content (AvgIpc) is 2.33. The topological polar surface area (TPSA) is 37.3 Å². The van der Waals surface area contributed by atoms with E-state index >= 15 is 0 Å². The van der Waals surface area contributed by atoms with Crippen LogP contribution in [0.3, 0.4) is 0 Å². The van der Waals surface area contributed by atoms with Gasteiger partial charge >= 0.3 is 5.97 Å². The summed E-state index contributed by atoms with van der Waals surface area (Å²) < 4.78 is 0. The maximum atomic E-state index is 11.7. The van der Waals surface area contributed by atoms with Crippen LogP contribution in [0.1, 0.15) is 63.5 Å². The lowest BCUT2D eigenvalue weighted by Gasteiger charge is -2.45. The normalized spacial score (nSPS) is 26.2. The van der Waals surface area contributed by atoms with E-state index < -0.39 is 11.4 Å². The van der Waals surface area contributed by atoms with E-state index in [0.717, 1.165) is 31.2 Å². The van der Waals surface area contributed by atoms with Crippen molar-refractivity contribution in [2.24, 2.45) is 5.92 Å². The van der Waals surface area contributed by atoms with Gasteiger partial charge in [-0.3, -0.25) is 4.79 Å². The number of carboxylic acids is 1. The second kappa shape index (κ2) is 5.36. The summed E-state index contributed by atoms with van der Waals surface area (Å²) in [5, 5.41) is 9.60. The van der Waals surface area contributed by atoms with Crippen LogP contribution in [-0.2, 0) is 10.2 Å². The van der Waals surface area contributed by atoms with Crippen molar-refractivity contribution in [1.29, 1.82) is 0 Å². The number of aliphatic carboxylic acids is 1. The predicted molar refractivity (Wildman–Crippen MR) is 77.5 cm³/mol. The number of carboxylic acid groups (broad SMARTS) is 1. The molecule has 1 aliphatic carbocycles. The first-order valence-corrected chi connectivity index (χ1v) is 7.33. The molecule has 2 heteroatoms. The van der Waals surface area contributed by atoms with Crippen molar-refractivity contribution in [2.75, 3.05) is 0 Å². The maximum absolute atomic E-state index is 11.7. The van der Waals surface area contributed by atoms with Gasteiger partial charge in [0.05, 0.1) is 5.41 Å². The van der Waals surface area contributed by atoms with Crippen molar-refractivity contribution in [3.8, 4) is 0 Å². The van der Waals surface area contributed by atoms with Crippen LogP contribution in [0.25, 0.3) is 0 Å². The maximum Gasteiger partial charge on any atom is 0.314 e. The molecule has 19 heavy (non-hydrogen) atoms. The smallest absolute Gasteiger partial charge is 0.314 e. The molecule has 0 aliphatic heterocycles. The van der Waals surface area contributed by atoms with Crippen LogP contribution in [0.5, 0.6) is 0 Å². The lowest BCUT2D eigenvalue weighted by Crippen LogP contribution is -2.47. The molecule has 1 saturated carbocycles. The van der Waals surface area contributed by atoms with Gasteiger partial charge in [0.1, 0.15) is 0 Å². The second-order valence-corrected chi connectivity index (χ2v) is 6.23. The summed E-state index contributed by atoms with van der Waals surface area (Å²) in [5.74, 6) is 0.423. The molecule has 0 bridgehead atoms. The van der Waals surface area contributed by atoms with Crippen molar-refractivity contribution in [3.05, 3.63) is 35.4 Å². The lowest BCUT2D eigenvalue weighted by atomic mass is 9.57. The van der Waals surface area contributed by atoms with Gasteiger partial charge in [0, 0.05) is 0 Å². The van der Waals surface area contributed by atoms with E-state index in [1.165, 1.54) is 5.56 Å². The Balaban J connectivity index is 2.20. The Bertz CT molecular complexity index is 439. The van der Waals surface area contributed by atoms with E-state index in [2.05, 4.69) is 32.9 Å². The van der Waals surface area contributed by atoms with Crippen molar-refractivity contribution in [1.82, 2.24) is 0 Å². The second-order valence-electron chi connectivity index (χ2n) is 6.23. The highest BCUT2D eigenvalue weighted by atomic mass is 16.4. The molecule has 0 heterocycles. The zero-order chi connectivity index (χ0) is 14.0. The molecule has 0 aromatic heterocycles. The number of rotatable bonds is 5. The molecule has 0 radical (unpaired) electrons. The third-order valence-electron chi connectivity index (χ3n) is 4.51. The van der Waals surface area contributed by atoms with E-state index in [9.17, 15) is 9.90 Å². The van der Waals surface area contributed by atoms with Crippen molar-refractivity contribution in [3.63, 3.8) is 0 Å². The van der Waals surface area contributed by atoms with Crippen molar-refractivity contribution in [2.45, 2.75) is 57.8 Å². The molecular weight excluding hydrogens is 236 g/mol. The average molecular weight is 260 g/mol. The summed E-state index contributed by atoms with van der Waals surface area (Å²) in [6.45, 7) is 6.48. The zero-order valence-electron chi connectivity index (χ0n) is 12.1. The first kappa shape index (κ1) is 14.1. The van der Waals surface area contributed by atoms with Crippen LogP contribution in [-0.4, -0.2) is 11.1 Å². The highest BCUT2D eigenvalue weighted by molar-refractivity contribution is 5.82. The Hall–Kier alpha value is -1.31. The van der Waals surface area contributed by atoms with Crippen LogP contribution in [0.2, 0.25) is 0 Å². The number of benzene rings is 1. The fraction of sp³-hybridized carbons (Fsp3) is 0.588. The molecule has 0 spiro atoms. The van der Waals surface area contributed by atoms with Gasteiger partial charge in [0.25, 0.3) is 0 Å². The standard InChI is InChI=1S/C17H24O2/c1-4-5-13-10-17(11-13,16(18)19)15-8-6-14(7-9-15)12(2)3/h6-9,12-13H,4-5,10-11H2,1-3H3,(H,18,19). The molecule has 0 saturated heterocycles. The Morgan fingerprint density at radius 1 is 1.32 bits per heavy atom. The highest BCUT2D eigenvalue weighted by Crippen LogP contribution is 2.49. The zero-order valence-corrected chi connectivity index (χ0v) is 12.1. The van der Waals surface area contributed by atoms with Gasteiger partial charge in [0.15, 0.2) is 0 Å². The van der Waals surface area contributed by atoms with E-state index in [0.29, 0.717) is 11.8 Å². The molecule has 1 aromatic rings. The fourth-order valence-electron chi connectivity index (χ4n) is 3.26. The first-order chi connectivity index (χ1) is 8.99. The van der Waals surface area contributed by atoms with Crippen LogP contribution >= 0.6 is 0 Å². The molecule has 1 aliphatic rings. The predicted octanol–water partition coefficient (Wildman–Crippen LogP) is 4.34. The van der Waals surface area contributed by atoms with Gasteiger partial charge in [-0.25, -0.2) is 0 Å². The van der Waals surface area contributed by atoms with Gasteiger partial charge < -0.3 is 5.11 Å². The third-order valence-corrected chi connectivity index (χ3v) is 4.51. The molecule has 0 atom stereocenters. The Labute approximate surface area is 115 Å². The molecule has 0 unspecified atom stereocenters. The molecule has 0 amide bonds. The van der Waals surface area contributed by atoms with E-state index in [-0.39, 0.29) is 0 Å². The molecule has 1 aromatic carbocycles. The SMILES string of the molecule is CCCC1CC(C(=O)O)(c2ccc(C(C)C)cc2)C1. The van der Waals surface area contributed by atoms with E-state index in [4.69, 9.17) is 0 Å². The van der Waals surface area contributed by atoms with Crippen LogP contribution in [0.15, 0.2) is 24.3 Å². The Kier molecular flexibility index (Phi) is 3.98. The number of hydrogen-bond donors (Lipinski definition) is 1. The van der Waals surface area contributed by atoms with Gasteiger partial charge in [-0.1, -0.05) is 57.9 Å². The summed E-state index contributed by atoms with van der Waals surface area (Å²) >= 11 is 0. The van der Waals surface area contributed by atoms with Gasteiger partial charge in [-0.15, -0.1) is 0 Å². The van der Waals surface area contributed by atoms with Crippen molar-refractivity contribution < 1.29 is 9.90 Å². The molecule has 2 nitrogen and oxygen atoms in total. The van der Waals surface area contributed by atoms with E-state index in [1.54, 1.807) is 0 Å². The minimum absolute atomic E-state index is 0.490. The van der Waals surface area contributed by atoms with E-state index in [1.807, 2.05) is 12.1 Å². The summed E-state index contributed by atoms with van der Waals surface area (Å²) in [6, 6.07) is 8.20. The summed E-state index contributed by atoms with van der Waals surface area (Å²) in [5.41, 5.74) is 1.64. The minimum atomic E-state index is -0.655. The van der Waals surface area contributed by atoms with Gasteiger partial charge in [-0.2, -0.15) is 0 Å². The third kappa shape index (κ3) is 2.54.